The predicted octanol–water partition coefficient (Wildman–Crippen LogP) is 6.52. The first-order chi connectivity index (χ1) is 11.0. The van der Waals surface area contributed by atoms with Crippen LogP contribution < -0.4 is 0 Å². The van der Waals surface area contributed by atoms with E-state index in [1.54, 1.807) is 0 Å². The Morgan fingerprint density at radius 3 is 2.43 bits per heavy atom. The van der Waals surface area contributed by atoms with E-state index < -0.39 is 0 Å². The van der Waals surface area contributed by atoms with E-state index in [1.807, 2.05) is 0 Å². The summed E-state index contributed by atoms with van der Waals surface area (Å²) in [4.78, 5) is 2.63. The molecule has 0 saturated heterocycles. The maximum atomic E-state index is 3.60. The lowest BCUT2D eigenvalue weighted by molar-refractivity contribution is 0.154. The van der Waals surface area contributed by atoms with Crippen molar-refractivity contribution in [3.8, 4) is 0 Å². The van der Waals surface area contributed by atoms with Gasteiger partial charge in [-0.2, -0.15) is 0 Å². The van der Waals surface area contributed by atoms with Gasteiger partial charge in [-0.3, -0.25) is 0 Å². The minimum Gasteiger partial charge on any atom is -0.359 e. The number of rotatable bonds is 3. The van der Waals surface area contributed by atoms with Gasteiger partial charge in [-0.1, -0.05) is 73.9 Å². The maximum absolute atomic E-state index is 3.60. The van der Waals surface area contributed by atoms with Gasteiger partial charge in [0.2, 0.25) is 0 Å². The fraction of sp³-hybridized carbons (Fsp3) is 0.400. The molecule has 3 aliphatic rings. The summed E-state index contributed by atoms with van der Waals surface area (Å²) in [5.74, 6) is 0. The summed E-state index contributed by atoms with van der Waals surface area (Å²) in [6, 6.07) is 0.411. The van der Waals surface area contributed by atoms with E-state index in [-0.39, 0.29) is 5.54 Å². The Morgan fingerprint density at radius 1 is 1.09 bits per heavy atom. The average molecular weight is 437 g/mol. The van der Waals surface area contributed by atoms with Crippen molar-refractivity contribution in [2.75, 3.05) is 0 Å². The molecule has 0 amide bonds. The lowest BCUT2D eigenvalue weighted by Crippen LogP contribution is -2.50. The highest BCUT2D eigenvalue weighted by Gasteiger charge is 2.35. The zero-order chi connectivity index (χ0) is 16.4. The minimum atomic E-state index is 0.0227. The first-order valence-electron chi connectivity index (χ1n) is 8.22. The molecule has 0 heterocycles. The lowest BCUT2D eigenvalue weighted by Gasteiger charge is -2.48. The summed E-state index contributed by atoms with van der Waals surface area (Å²) in [6.45, 7) is 4.58. The molecule has 3 rings (SSSR count). The highest BCUT2D eigenvalue weighted by Crippen LogP contribution is 2.38. The van der Waals surface area contributed by atoms with Crippen LogP contribution in [0.4, 0.5) is 0 Å². The van der Waals surface area contributed by atoms with Crippen molar-refractivity contribution in [2.45, 2.75) is 51.1 Å². The molecule has 2 atom stereocenters. The Morgan fingerprint density at radius 2 is 1.87 bits per heavy atom. The molecule has 0 radical (unpaired) electrons. The summed E-state index contributed by atoms with van der Waals surface area (Å²) in [6.07, 6.45) is 22.6. The van der Waals surface area contributed by atoms with Crippen molar-refractivity contribution in [3.05, 3.63) is 68.8 Å². The number of hydrogen-bond donors (Lipinski definition) is 0. The van der Waals surface area contributed by atoms with Crippen LogP contribution in [0.1, 0.15) is 39.5 Å². The van der Waals surface area contributed by atoms with Crippen molar-refractivity contribution in [3.63, 3.8) is 0 Å². The largest absolute Gasteiger partial charge is 0.359 e. The highest BCUT2D eigenvalue weighted by molar-refractivity contribution is 9.12. The van der Waals surface area contributed by atoms with Crippen LogP contribution in [-0.2, 0) is 0 Å². The molecule has 0 N–H and O–H groups in total. The maximum Gasteiger partial charge on any atom is 0.0598 e. The fourth-order valence-corrected chi connectivity index (χ4v) is 4.14. The molecule has 0 aromatic heterocycles. The molecule has 23 heavy (non-hydrogen) atoms. The van der Waals surface area contributed by atoms with Gasteiger partial charge in [-0.15, -0.1) is 0 Å². The van der Waals surface area contributed by atoms with E-state index >= 15 is 0 Å². The summed E-state index contributed by atoms with van der Waals surface area (Å²) >= 11 is 7.19. The van der Waals surface area contributed by atoms with Crippen LogP contribution in [0.25, 0.3) is 0 Å². The van der Waals surface area contributed by atoms with Crippen molar-refractivity contribution in [1.29, 1.82) is 0 Å². The van der Waals surface area contributed by atoms with Crippen molar-refractivity contribution >= 4 is 31.9 Å². The molecular formula is C20H23Br2N. The second-order valence-electron chi connectivity index (χ2n) is 6.78. The van der Waals surface area contributed by atoms with Gasteiger partial charge < -0.3 is 4.90 Å². The van der Waals surface area contributed by atoms with Crippen molar-refractivity contribution in [1.82, 2.24) is 4.90 Å². The number of halogens is 2. The third-order valence-electron chi connectivity index (χ3n) is 4.87. The third kappa shape index (κ3) is 3.83. The van der Waals surface area contributed by atoms with Gasteiger partial charge in [0.1, 0.15) is 0 Å². The smallest absolute Gasteiger partial charge is 0.0598 e. The van der Waals surface area contributed by atoms with Crippen LogP contribution in [0.3, 0.4) is 0 Å². The molecule has 0 aliphatic heterocycles. The van der Waals surface area contributed by atoms with Crippen LogP contribution in [0.2, 0.25) is 0 Å². The van der Waals surface area contributed by atoms with Gasteiger partial charge in [0.05, 0.1) is 11.6 Å². The van der Waals surface area contributed by atoms with Crippen LogP contribution in [0.5, 0.6) is 0 Å². The summed E-state index contributed by atoms with van der Waals surface area (Å²) in [5.41, 5.74) is 2.95. The van der Waals surface area contributed by atoms with Crippen LogP contribution in [0, 0.1) is 0 Å². The first-order valence-corrected chi connectivity index (χ1v) is 9.81. The first kappa shape index (κ1) is 17.0. The van der Waals surface area contributed by atoms with E-state index in [1.165, 1.54) is 20.2 Å². The second kappa shape index (κ2) is 6.98. The highest BCUT2D eigenvalue weighted by atomic mass is 79.9. The zero-order valence-corrected chi connectivity index (χ0v) is 16.9. The molecule has 1 nitrogen and oxygen atoms in total. The van der Waals surface area contributed by atoms with Crippen LogP contribution in [-0.4, -0.2) is 16.5 Å². The molecule has 0 fully saturated rings. The molecule has 0 aromatic rings. The normalized spacial score (nSPS) is 30.3. The molecule has 0 bridgehead atoms. The van der Waals surface area contributed by atoms with Crippen LogP contribution in [0.15, 0.2) is 68.8 Å². The third-order valence-corrected chi connectivity index (χ3v) is 6.05. The van der Waals surface area contributed by atoms with Crippen molar-refractivity contribution in [2.24, 2.45) is 0 Å². The number of hydrogen-bond acceptors (Lipinski definition) is 1. The standard InChI is InChI=1S/C20H23Br2N/c1-15-3-7-18(8-4-15)23(19-9-5-16(21)6-10-19)20(2)13-11-17(22)12-14-20/h3,5-7,9,11-13,19H,4,8,10,14H2,1-2H3. The molecule has 0 aromatic carbocycles. The Balaban J connectivity index is 1.95. The van der Waals surface area contributed by atoms with E-state index in [2.05, 4.69) is 99.2 Å². The quantitative estimate of drug-likeness (QED) is 0.486. The van der Waals surface area contributed by atoms with Crippen molar-refractivity contribution < 1.29 is 0 Å². The Bertz CT molecular complexity index is 663. The molecule has 2 unspecified atom stereocenters. The van der Waals surface area contributed by atoms with Gasteiger partial charge in [-0.25, -0.2) is 0 Å². The molecular weight excluding hydrogens is 414 g/mol. The summed E-state index contributed by atoms with van der Waals surface area (Å²) < 4.78 is 2.37. The fourth-order valence-electron chi connectivity index (χ4n) is 3.50. The molecule has 3 aliphatic carbocycles. The monoisotopic (exact) mass is 435 g/mol. The Hall–Kier alpha value is -0.800. The van der Waals surface area contributed by atoms with E-state index in [0.717, 1.165) is 25.7 Å². The Kier molecular flexibility index (Phi) is 5.17. The van der Waals surface area contributed by atoms with E-state index in [0.29, 0.717) is 6.04 Å². The minimum absolute atomic E-state index is 0.0227. The van der Waals surface area contributed by atoms with Gasteiger partial charge >= 0.3 is 0 Å². The topological polar surface area (TPSA) is 3.24 Å². The summed E-state index contributed by atoms with van der Waals surface area (Å²) in [7, 11) is 0. The molecule has 122 valence electrons. The predicted molar refractivity (Wildman–Crippen MR) is 107 cm³/mol. The Labute approximate surface area is 156 Å². The van der Waals surface area contributed by atoms with Gasteiger partial charge in [0, 0.05) is 14.7 Å². The van der Waals surface area contributed by atoms with Gasteiger partial charge in [0.15, 0.2) is 0 Å². The second-order valence-corrected chi connectivity index (χ2v) is 8.61. The number of nitrogens with zero attached hydrogens (tertiary/aromatic N) is 1. The number of allylic oxidation sites excluding steroid dienone is 8. The van der Waals surface area contributed by atoms with Gasteiger partial charge in [-0.05, 0) is 51.7 Å². The SMILES string of the molecule is CC1=CC=C(N(C2C=CC(Br)=CC2)C2(C)C=CC(Br)=CC2)CC1. The average Bonchev–Trinajstić information content (AvgIpc) is 2.54. The molecule has 0 saturated carbocycles. The molecule has 3 heteroatoms. The van der Waals surface area contributed by atoms with Gasteiger partial charge in [0.25, 0.3) is 0 Å². The van der Waals surface area contributed by atoms with Crippen LogP contribution >= 0.6 is 31.9 Å². The zero-order valence-electron chi connectivity index (χ0n) is 13.7. The lowest BCUT2D eigenvalue weighted by atomic mass is 9.86. The van der Waals surface area contributed by atoms with E-state index in [4.69, 9.17) is 0 Å². The molecule has 0 spiro atoms. The van der Waals surface area contributed by atoms with E-state index in [9.17, 15) is 0 Å². The summed E-state index contributed by atoms with van der Waals surface area (Å²) in [5, 5.41) is 0.